The molecule has 0 bridgehead atoms. The average molecular weight is 199 g/mol. The zero-order valence-corrected chi connectivity index (χ0v) is 8.78. The van der Waals surface area contributed by atoms with Crippen molar-refractivity contribution in [3.63, 3.8) is 0 Å². The van der Waals surface area contributed by atoms with E-state index >= 15 is 0 Å². The van der Waals surface area contributed by atoms with E-state index in [1.807, 2.05) is 0 Å². The second kappa shape index (κ2) is 4.98. The van der Waals surface area contributed by atoms with Crippen molar-refractivity contribution < 1.29 is 14.3 Å². The smallest absolute Gasteiger partial charge is 0.396 e. The summed E-state index contributed by atoms with van der Waals surface area (Å²) in [5.74, 6) is -1.23. The molecule has 0 N–H and O–H groups in total. The van der Waals surface area contributed by atoms with Gasteiger partial charge in [0.2, 0.25) is 0 Å². The lowest BCUT2D eigenvalue weighted by molar-refractivity contribution is -0.158. The van der Waals surface area contributed by atoms with Crippen LogP contribution in [-0.2, 0) is 14.3 Å². The summed E-state index contributed by atoms with van der Waals surface area (Å²) in [6.07, 6.45) is 4.01. The van der Waals surface area contributed by atoms with Gasteiger partial charge in [0.1, 0.15) is 0 Å². The molecule has 0 spiro atoms. The van der Waals surface area contributed by atoms with Gasteiger partial charge in [-0.1, -0.05) is 13.3 Å². The highest BCUT2D eigenvalue weighted by Crippen LogP contribution is 2.27. The molecule has 0 radical (unpaired) electrons. The summed E-state index contributed by atoms with van der Waals surface area (Å²) in [6.45, 7) is 2.74. The summed E-state index contributed by atoms with van der Waals surface area (Å²) in [7, 11) is 1.24. The van der Waals surface area contributed by atoms with Crippen molar-refractivity contribution in [1.82, 2.24) is 4.90 Å². The number of rotatable bonds is 4. The summed E-state index contributed by atoms with van der Waals surface area (Å²) in [4.78, 5) is 24.2. The number of hydrogen-bond acceptors (Lipinski definition) is 3. The number of ether oxygens (including phenoxy) is 1. The highest BCUT2D eigenvalue weighted by molar-refractivity contribution is 6.32. The van der Waals surface area contributed by atoms with E-state index < -0.39 is 11.9 Å². The standard InChI is InChI=1S/C10H17NO3/c1-3-4-7-11(8-5-6-8)9(12)10(13)14-2/h8H,3-7H2,1-2H3. The third-order valence-electron chi connectivity index (χ3n) is 2.36. The maximum absolute atomic E-state index is 11.5. The molecule has 0 aromatic heterocycles. The van der Waals surface area contributed by atoms with Crippen LogP contribution in [0.15, 0.2) is 0 Å². The predicted molar refractivity (Wildman–Crippen MR) is 51.7 cm³/mol. The van der Waals surface area contributed by atoms with Crippen LogP contribution in [0.5, 0.6) is 0 Å². The van der Waals surface area contributed by atoms with E-state index in [2.05, 4.69) is 11.7 Å². The molecule has 14 heavy (non-hydrogen) atoms. The van der Waals surface area contributed by atoms with Gasteiger partial charge in [-0.15, -0.1) is 0 Å². The topological polar surface area (TPSA) is 46.6 Å². The highest BCUT2D eigenvalue weighted by Gasteiger charge is 2.35. The second-order valence-corrected chi connectivity index (χ2v) is 3.57. The lowest BCUT2D eigenvalue weighted by Crippen LogP contribution is -2.39. The van der Waals surface area contributed by atoms with Crippen molar-refractivity contribution in [3.8, 4) is 0 Å². The van der Waals surface area contributed by atoms with Gasteiger partial charge in [-0.05, 0) is 19.3 Å². The number of unbranched alkanes of at least 4 members (excludes halogenated alkanes) is 1. The Kier molecular flexibility index (Phi) is 3.92. The molecule has 0 aliphatic heterocycles. The molecule has 0 aromatic carbocycles. The largest absolute Gasteiger partial charge is 0.462 e. The quantitative estimate of drug-likeness (QED) is 0.500. The predicted octanol–water partition coefficient (Wildman–Crippen LogP) is 0.950. The zero-order valence-electron chi connectivity index (χ0n) is 8.78. The van der Waals surface area contributed by atoms with Gasteiger partial charge >= 0.3 is 11.9 Å². The Hall–Kier alpha value is -1.06. The summed E-state index contributed by atoms with van der Waals surface area (Å²) in [5, 5.41) is 0. The Bertz CT molecular complexity index is 223. The fourth-order valence-electron chi connectivity index (χ4n) is 1.37. The molecule has 4 heteroatoms. The maximum Gasteiger partial charge on any atom is 0.396 e. The molecule has 1 amide bonds. The molecule has 0 atom stereocenters. The van der Waals surface area contributed by atoms with Crippen molar-refractivity contribution in [2.75, 3.05) is 13.7 Å². The molecule has 1 aliphatic carbocycles. The Labute approximate surface area is 84.2 Å². The van der Waals surface area contributed by atoms with Gasteiger partial charge in [0.05, 0.1) is 7.11 Å². The number of hydrogen-bond donors (Lipinski definition) is 0. The molecule has 1 fully saturated rings. The summed E-state index contributed by atoms with van der Waals surface area (Å²) in [5.41, 5.74) is 0. The molecule has 1 aliphatic rings. The number of methoxy groups -OCH3 is 1. The van der Waals surface area contributed by atoms with Gasteiger partial charge in [0, 0.05) is 12.6 Å². The van der Waals surface area contributed by atoms with E-state index in [-0.39, 0.29) is 6.04 Å². The van der Waals surface area contributed by atoms with Gasteiger partial charge in [0.15, 0.2) is 0 Å². The lowest BCUT2D eigenvalue weighted by Gasteiger charge is -2.20. The number of esters is 1. The summed E-state index contributed by atoms with van der Waals surface area (Å²) < 4.78 is 4.42. The molecule has 0 unspecified atom stereocenters. The molecule has 80 valence electrons. The van der Waals surface area contributed by atoms with Crippen molar-refractivity contribution in [2.45, 2.75) is 38.6 Å². The average Bonchev–Trinajstić information content (AvgIpc) is 3.01. The molecule has 1 rings (SSSR count). The summed E-state index contributed by atoms with van der Waals surface area (Å²) in [6, 6.07) is 0.285. The third kappa shape index (κ3) is 2.72. The van der Waals surface area contributed by atoms with Gasteiger partial charge in [-0.25, -0.2) is 4.79 Å². The fourth-order valence-corrected chi connectivity index (χ4v) is 1.37. The van der Waals surface area contributed by atoms with Gasteiger partial charge in [-0.2, -0.15) is 0 Å². The Morgan fingerprint density at radius 3 is 2.50 bits per heavy atom. The van der Waals surface area contributed by atoms with E-state index in [1.165, 1.54) is 7.11 Å². The maximum atomic E-state index is 11.5. The van der Waals surface area contributed by atoms with Crippen LogP contribution in [0.25, 0.3) is 0 Å². The van der Waals surface area contributed by atoms with Crippen LogP contribution in [0.2, 0.25) is 0 Å². The highest BCUT2D eigenvalue weighted by atomic mass is 16.5. The molecular formula is C10H17NO3. The number of carbonyl (C=O) groups is 2. The second-order valence-electron chi connectivity index (χ2n) is 3.57. The van der Waals surface area contributed by atoms with Crippen LogP contribution in [0.4, 0.5) is 0 Å². The van der Waals surface area contributed by atoms with Crippen molar-refractivity contribution in [3.05, 3.63) is 0 Å². The summed E-state index contributed by atoms with van der Waals surface area (Å²) >= 11 is 0. The van der Waals surface area contributed by atoms with Crippen molar-refractivity contribution in [1.29, 1.82) is 0 Å². The normalized spacial score (nSPS) is 15.0. The van der Waals surface area contributed by atoms with Crippen LogP contribution in [0.1, 0.15) is 32.6 Å². The lowest BCUT2D eigenvalue weighted by atomic mass is 10.3. The first-order valence-corrected chi connectivity index (χ1v) is 5.09. The minimum absolute atomic E-state index is 0.285. The first-order valence-electron chi connectivity index (χ1n) is 5.09. The van der Waals surface area contributed by atoms with Gasteiger partial charge < -0.3 is 9.64 Å². The van der Waals surface area contributed by atoms with Crippen LogP contribution in [-0.4, -0.2) is 36.5 Å². The fraction of sp³-hybridized carbons (Fsp3) is 0.800. The number of carbonyl (C=O) groups excluding carboxylic acids is 2. The van der Waals surface area contributed by atoms with E-state index in [0.29, 0.717) is 6.54 Å². The first kappa shape index (κ1) is 11.0. The zero-order chi connectivity index (χ0) is 10.6. The third-order valence-corrected chi connectivity index (χ3v) is 2.36. The SMILES string of the molecule is CCCCN(C(=O)C(=O)OC)C1CC1. The molecule has 4 nitrogen and oxygen atoms in total. The molecule has 0 aromatic rings. The van der Waals surface area contributed by atoms with E-state index in [4.69, 9.17) is 0 Å². The van der Waals surface area contributed by atoms with Gasteiger partial charge in [-0.3, -0.25) is 4.79 Å². The molecular weight excluding hydrogens is 182 g/mol. The minimum atomic E-state index is -0.743. The van der Waals surface area contributed by atoms with Crippen molar-refractivity contribution >= 4 is 11.9 Å². The number of amides is 1. The van der Waals surface area contributed by atoms with Crippen LogP contribution < -0.4 is 0 Å². The Morgan fingerprint density at radius 1 is 1.43 bits per heavy atom. The first-order chi connectivity index (χ1) is 6.70. The van der Waals surface area contributed by atoms with E-state index in [0.717, 1.165) is 25.7 Å². The number of nitrogens with zero attached hydrogens (tertiary/aromatic N) is 1. The Morgan fingerprint density at radius 2 is 2.07 bits per heavy atom. The monoisotopic (exact) mass is 199 g/mol. The molecule has 1 saturated carbocycles. The molecule has 0 saturated heterocycles. The minimum Gasteiger partial charge on any atom is -0.462 e. The van der Waals surface area contributed by atoms with Crippen molar-refractivity contribution in [2.24, 2.45) is 0 Å². The van der Waals surface area contributed by atoms with Crippen LogP contribution in [0.3, 0.4) is 0 Å². The van der Waals surface area contributed by atoms with Crippen LogP contribution >= 0.6 is 0 Å². The van der Waals surface area contributed by atoms with Gasteiger partial charge in [0.25, 0.3) is 0 Å². The molecule has 0 heterocycles. The van der Waals surface area contributed by atoms with Crippen LogP contribution in [0, 0.1) is 0 Å². The van der Waals surface area contributed by atoms with E-state index in [1.54, 1.807) is 4.90 Å². The van der Waals surface area contributed by atoms with E-state index in [9.17, 15) is 9.59 Å². The Balaban J connectivity index is 2.48.